The third-order valence-electron chi connectivity index (χ3n) is 6.65. The van der Waals surface area contributed by atoms with Crippen LogP contribution in [0.2, 0.25) is 0 Å². The second-order valence-electron chi connectivity index (χ2n) is 8.38. The molecule has 0 aliphatic carbocycles. The Bertz CT molecular complexity index is 1310. The molecular weight excluding hydrogens is 448 g/mol. The molecule has 2 aromatic carbocycles. The van der Waals surface area contributed by atoms with Crippen LogP contribution in [0.5, 0.6) is 5.75 Å². The molecule has 0 radical (unpaired) electrons. The van der Waals surface area contributed by atoms with Crippen molar-refractivity contribution in [3.63, 3.8) is 0 Å². The van der Waals surface area contributed by atoms with Gasteiger partial charge in [0.1, 0.15) is 6.17 Å². The van der Waals surface area contributed by atoms with E-state index in [-0.39, 0.29) is 11.9 Å². The summed E-state index contributed by atoms with van der Waals surface area (Å²) in [5.41, 5.74) is 1.95. The highest BCUT2D eigenvalue weighted by Crippen LogP contribution is 2.45. The molecule has 4 heterocycles. The number of hydrogen-bond donors (Lipinski definition) is 1. The Hall–Kier alpha value is -2.88. The molecule has 33 heavy (non-hydrogen) atoms. The molecule has 3 aliphatic rings. The van der Waals surface area contributed by atoms with Gasteiger partial charge in [-0.05, 0) is 23.3 Å². The number of fused-ring (bicyclic) bond motifs is 4. The maximum atomic E-state index is 15.0. The van der Waals surface area contributed by atoms with Crippen LogP contribution in [0.3, 0.4) is 0 Å². The Balaban J connectivity index is 1.65. The van der Waals surface area contributed by atoms with Crippen LogP contribution in [0, 0.1) is 11.6 Å². The monoisotopic (exact) mass is 469 g/mol. The van der Waals surface area contributed by atoms with E-state index in [1.54, 1.807) is 16.9 Å². The highest BCUT2D eigenvalue weighted by atomic mass is 32.2. The molecular formula is C24H21F2N3O3S. The lowest BCUT2D eigenvalue weighted by atomic mass is 9.93. The number of thioether (sulfide) groups is 1. The SMILES string of the molecule is O=c1ccn2c(c1O)CN1CCOC[C@H]1N2[C@@H]1c2ccccc2SCc2c1ccc(F)c2F. The number of nitrogens with zero attached hydrogens (tertiary/aromatic N) is 3. The van der Waals surface area contributed by atoms with E-state index in [1.807, 2.05) is 29.3 Å². The van der Waals surface area contributed by atoms with E-state index < -0.39 is 23.1 Å². The average Bonchev–Trinajstić information content (AvgIpc) is 3.00. The smallest absolute Gasteiger partial charge is 0.223 e. The lowest BCUT2D eigenvalue weighted by Crippen LogP contribution is -2.63. The zero-order valence-corrected chi connectivity index (χ0v) is 18.4. The minimum absolute atomic E-state index is 0.227. The van der Waals surface area contributed by atoms with Crippen LogP contribution in [0.4, 0.5) is 8.78 Å². The lowest BCUT2D eigenvalue weighted by molar-refractivity contribution is -0.0361. The molecule has 0 saturated carbocycles. The summed E-state index contributed by atoms with van der Waals surface area (Å²) in [4.78, 5) is 15.4. The van der Waals surface area contributed by atoms with E-state index in [2.05, 4.69) is 4.90 Å². The van der Waals surface area contributed by atoms with Crippen molar-refractivity contribution in [3.05, 3.63) is 92.9 Å². The maximum Gasteiger partial charge on any atom is 0.223 e. The molecule has 1 aromatic heterocycles. The molecule has 3 aliphatic heterocycles. The zero-order chi connectivity index (χ0) is 22.7. The van der Waals surface area contributed by atoms with Gasteiger partial charge in [-0.15, -0.1) is 11.8 Å². The molecule has 2 atom stereocenters. The minimum atomic E-state index is -0.873. The Labute approximate surface area is 193 Å². The van der Waals surface area contributed by atoms with Crippen molar-refractivity contribution in [1.82, 2.24) is 9.58 Å². The number of aromatic nitrogens is 1. The molecule has 1 N–H and O–H groups in total. The van der Waals surface area contributed by atoms with Gasteiger partial charge in [0.2, 0.25) is 5.43 Å². The first-order valence-electron chi connectivity index (χ1n) is 10.8. The van der Waals surface area contributed by atoms with Crippen molar-refractivity contribution < 1.29 is 18.6 Å². The number of rotatable bonds is 1. The second kappa shape index (κ2) is 7.86. The van der Waals surface area contributed by atoms with Crippen LogP contribution >= 0.6 is 11.8 Å². The first-order valence-corrected chi connectivity index (χ1v) is 11.8. The number of ether oxygens (including phenoxy) is 1. The standard InChI is InChI=1S/C24H21F2N3O3S/c25-17-6-5-14-16(22(17)26)13-33-20-4-2-1-3-15(20)23(14)29-21-12-32-10-9-27(21)11-18-24(31)19(30)7-8-28(18)29/h1-8,21,23,31H,9-13H2/t21-,23+/m1/s1. The average molecular weight is 470 g/mol. The number of pyridine rings is 1. The fourth-order valence-corrected chi connectivity index (χ4v) is 6.17. The molecule has 0 spiro atoms. The van der Waals surface area contributed by atoms with Gasteiger partial charge in [-0.3, -0.25) is 19.4 Å². The van der Waals surface area contributed by atoms with Gasteiger partial charge in [-0.1, -0.05) is 24.3 Å². The molecule has 0 bridgehead atoms. The molecule has 6 nitrogen and oxygen atoms in total. The van der Waals surface area contributed by atoms with Crippen LogP contribution in [-0.2, 0) is 17.0 Å². The van der Waals surface area contributed by atoms with Gasteiger partial charge in [0.25, 0.3) is 0 Å². The molecule has 9 heteroatoms. The number of hydrogen-bond acceptors (Lipinski definition) is 6. The Morgan fingerprint density at radius 1 is 1.09 bits per heavy atom. The van der Waals surface area contributed by atoms with Crippen LogP contribution in [0.25, 0.3) is 0 Å². The molecule has 3 aromatic rings. The quantitative estimate of drug-likeness (QED) is 0.590. The maximum absolute atomic E-state index is 15.0. The van der Waals surface area contributed by atoms with E-state index in [4.69, 9.17) is 4.74 Å². The topological polar surface area (TPSA) is 57.9 Å². The molecule has 1 fully saturated rings. The molecule has 0 unspecified atom stereocenters. The highest BCUT2D eigenvalue weighted by molar-refractivity contribution is 7.98. The van der Waals surface area contributed by atoms with Gasteiger partial charge >= 0.3 is 0 Å². The third-order valence-corrected chi connectivity index (χ3v) is 7.76. The summed E-state index contributed by atoms with van der Waals surface area (Å²) in [6, 6.07) is 11.5. The zero-order valence-electron chi connectivity index (χ0n) is 17.6. The van der Waals surface area contributed by atoms with Gasteiger partial charge in [0, 0.05) is 41.6 Å². The summed E-state index contributed by atoms with van der Waals surface area (Å²) in [7, 11) is 0. The van der Waals surface area contributed by atoms with Crippen LogP contribution < -0.4 is 10.4 Å². The van der Waals surface area contributed by atoms with Crippen molar-refractivity contribution >= 4 is 11.8 Å². The first kappa shape index (κ1) is 20.7. The van der Waals surface area contributed by atoms with Crippen molar-refractivity contribution in [2.75, 3.05) is 24.8 Å². The van der Waals surface area contributed by atoms with E-state index in [9.17, 15) is 14.3 Å². The molecule has 6 rings (SSSR count). The summed E-state index contributed by atoms with van der Waals surface area (Å²) in [5, 5.41) is 12.7. The summed E-state index contributed by atoms with van der Waals surface area (Å²) < 4.78 is 36.9. The number of morpholine rings is 1. The second-order valence-corrected chi connectivity index (χ2v) is 9.40. The largest absolute Gasteiger partial charge is 0.503 e. The Kier molecular flexibility index (Phi) is 4.93. The van der Waals surface area contributed by atoms with Crippen LogP contribution in [-0.4, -0.2) is 40.6 Å². The normalized spacial score (nSPS) is 22.1. The van der Waals surface area contributed by atoms with Gasteiger partial charge < -0.3 is 9.84 Å². The van der Waals surface area contributed by atoms with Crippen LogP contribution in [0.15, 0.2) is 58.4 Å². The van der Waals surface area contributed by atoms with Gasteiger partial charge in [-0.2, -0.15) is 0 Å². The molecule has 170 valence electrons. The highest BCUT2D eigenvalue weighted by Gasteiger charge is 2.42. The summed E-state index contributed by atoms with van der Waals surface area (Å²) in [6.07, 6.45) is 1.42. The number of halogens is 2. The van der Waals surface area contributed by atoms with Gasteiger partial charge in [0.05, 0.1) is 24.9 Å². The fourth-order valence-electron chi connectivity index (χ4n) is 5.06. The van der Waals surface area contributed by atoms with Crippen molar-refractivity contribution in [1.29, 1.82) is 0 Å². The Morgan fingerprint density at radius 2 is 1.94 bits per heavy atom. The predicted molar refractivity (Wildman–Crippen MR) is 120 cm³/mol. The van der Waals surface area contributed by atoms with Gasteiger partial charge in [-0.25, -0.2) is 8.78 Å². The van der Waals surface area contributed by atoms with Crippen molar-refractivity contribution in [3.8, 4) is 5.75 Å². The molecule has 0 amide bonds. The first-order chi connectivity index (χ1) is 16.0. The predicted octanol–water partition coefficient (Wildman–Crippen LogP) is 3.34. The minimum Gasteiger partial charge on any atom is -0.503 e. The van der Waals surface area contributed by atoms with E-state index in [0.717, 1.165) is 10.5 Å². The number of aromatic hydroxyl groups is 1. The van der Waals surface area contributed by atoms with Crippen molar-refractivity contribution in [2.45, 2.75) is 29.4 Å². The molecule has 1 saturated heterocycles. The summed E-state index contributed by atoms with van der Waals surface area (Å²) in [5.74, 6) is -1.71. The van der Waals surface area contributed by atoms with Crippen molar-refractivity contribution in [2.24, 2.45) is 0 Å². The fraction of sp³-hybridized carbons (Fsp3) is 0.292. The summed E-state index contributed by atoms with van der Waals surface area (Å²) >= 11 is 1.47. The van der Waals surface area contributed by atoms with Gasteiger partial charge in [0.15, 0.2) is 17.4 Å². The van der Waals surface area contributed by atoms with Crippen LogP contribution in [0.1, 0.15) is 28.4 Å². The lowest BCUT2D eigenvalue weighted by Gasteiger charge is -2.52. The van der Waals surface area contributed by atoms with E-state index >= 15 is 4.39 Å². The van der Waals surface area contributed by atoms with E-state index in [0.29, 0.717) is 48.9 Å². The third kappa shape index (κ3) is 3.18. The Morgan fingerprint density at radius 3 is 2.82 bits per heavy atom. The van der Waals surface area contributed by atoms with E-state index in [1.165, 1.54) is 23.9 Å². The summed E-state index contributed by atoms with van der Waals surface area (Å²) in [6.45, 7) is 1.95. The number of benzene rings is 2.